The van der Waals surface area contributed by atoms with Crippen molar-refractivity contribution in [3.8, 4) is 6.07 Å². The van der Waals surface area contributed by atoms with Gasteiger partial charge >= 0.3 is 0 Å². The largest absolute Gasteiger partial charge is 0.243 e. The molecule has 3 rings (SSSR count). The first-order chi connectivity index (χ1) is 9.06. The van der Waals surface area contributed by atoms with E-state index < -0.39 is 10.0 Å². The van der Waals surface area contributed by atoms with Gasteiger partial charge in [-0.05, 0) is 24.3 Å². The highest BCUT2D eigenvalue weighted by Gasteiger charge is 2.45. The van der Waals surface area contributed by atoms with E-state index in [2.05, 4.69) is 10.2 Å². The Hall–Kier alpha value is -1.78. The van der Waals surface area contributed by atoms with E-state index >= 15 is 0 Å². The molecule has 0 amide bonds. The summed E-state index contributed by atoms with van der Waals surface area (Å²) in [6, 6.07) is 7.96. The Bertz CT molecular complexity index is 657. The number of piperidine rings is 1. The van der Waals surface area contributed by atoms with Crippen molar-refractivity contribution < 1.29 is 8.42 Å². The van der Waals surface area contributed by atoms with Gasteiger partial charge < -0.3 is 0 Å². The predicted octanol–water partition coefficient (Wildman–Crippen LogP) is 1.50. The molecular formula is C12H12N4O2S. The Morgan fingerprint density at radius 1 is 1.16 bits per heavy atom. The second-order valence-electron chi connectivity index (χ2n) is 4.72. The van der Waals surface area contributed by atoms with E-state index in [9.17, 15) is 8.42 Å². The van der Waals surface area contributed by atoms with Gasteiger partial charge in [-0.25, -0.2) is 8.42 Å². The third-order valence-corrected chi connectivity index (χ3v) is 5.44. The molecular weight excluding hydrogens is 264 g/mol. The van der Waals surface area contributed by atoms with E-state index in [1.807, 2.05) is 6.07 Å². The van der Waals surface area contributed by atoms with Gasteiger partial charge in [0.25, 0.3) is 0 Å². The average Bonchev–Trinajstić information content (AvgIpc) is 3.19. The van der Waals surface area contributed by atoms with Crippen LogP contribution >= 0.6 is 0 Å². The minimum atomic E-state index is -3.47. The lowest BCUT2D eigenvalue weighted by Gasteiger charge is -2.28. The molecule has 0 aromatic heterocycles. The summed E-state index contributed by atoms with van der Waals surface area (Å²) in [6.07, 6.45) is 1.31. The molecule has 0 radical (unpaired) electrons. The first-order valence-corrected chi connectivity index (χ1v) is 7.44. The number of rotatable bonds is 2. The van der Waals surface area contributed by atoms with Gasteiger partial charge in [-0.3, -0.25) is 0 Å². The first-order valence-electron chi connectivity index (χ1n) is 6.00. The zero-order valence-electron chi connectivity index (χ0n) is 10.2. The molecule has 0 aliphatic carbocycles. The van der Waals surface area contributed by atoms with Gasteiger partial charge in [-0.2, -0.15) is 19.8 Å². The van der Waals surface area contributed by atoms with Crippen LogP contribution in [0, 0.1) is 11.3 Å². The zero-order chi connectivity index (χ0) is 13.5. The van der Waals surface area contributed by atoms with Crippen LogP contribution < -0.4 is 0 Å². The summed E-state index contributed by atoms with van der Waals surface area (Å²) in [7, 11) is -3.47. The number of nitriles is 1. The third-order valence-electron chi connectivity index (χ3n) is 3.53. The van der Waals surface area contributed by atoms with Gasteiger partial charge in [0.2, 0.25) is 10.0 Å². The quantitative estimate of drug-likeness (QED) is 0.820. The van der Waals surface area contributed by atoms with Gasteiger partial charge in [0.15, 0.2) is 5.66 Å². The smallest absolute Gasteiger partial charge is 0.207 e. The lowest BCUT2D eigenvalue weighted by atomic mass is 10.0. The van der Waals surface area contributed by atoms with E-state index in [0.29, 0.717) is 31.5 Å². The fraction of sp³-hybridized carbons (Fsp3) is 0.417. The minimum Gasteiger partial charge on any atom is -0.207 e. The van der Waals surface area contributed by atoms with Crippen molar-refractivity contribution in [2.45, 2.75) is 23.4 Å². The Labute approximate surface area is 111 Å². The van der Waals surface area contributed by atoms with E-state index in [-0.39, 0.29) is 10.6 Å². The fourth-order valence-electron chi connectivity index (χ4n) is 2.21. The second kappa shape index (κ2) is 4.11. The molecule has 98 valence electrons. The van der Waals surface area contributed by atoms with E-state index in [1.54, 1.807) is 0 Å². The van der Waals surface area contributed by atoms with Crippen LogP contribution in [0.3, 0.4) is 0 Å². The van der Waals surface area contributed by atoms with Gasteiger partial charge in [-0.1, -0.05) is 0 Å². The molecule has 2 aliphatic rings. The highest BCUT2D eigenvalue weighted by Crippen LogP contribution is 2.39. The maximum absolute atomic E-state index is 12.4. The summed E-state index contributed by atoms with van der Waals surface area (Å²) in [6.45, 7) is 0.880. The molecule has 0 unspecified atom stereocenters. The number of hydrogen-bond donors (Lipinski definition) is 0. The van der Waals surface area contributed by atoms with Gasteiger partial charge in [0, 0.05) is 25.9 Å². The van der Waals surface area contributed by atoms with Crippen LogP contribution in [-0.4, -0.2) is 31.5 Å². The third kappa shape index (κ3) is 2.13. The summed E-state index contributed by atoms with van der Waals surface area (Å²) in [5, 5.41) is 16.7. The molecule has 19 heavy (non-hydrogen) atoms. The van der Waals surface area contributed by atoms with E-state index in [4.69, 9.17) is 5.26 Å². The lowest BCUT2D eigenvalue weighted by Crippen LogP contribution is -2.41. The van der Waals surface area contributed by atoms with Gasteiger partial charge in [-0.15, -0.1) is 0 Å². The lowest BCUT2D eigenvalue weighted by molar-refractivity contribution is 0.295. The number of nitrogens with zero attached hydrogens (tertiary/aromatic N) is 4. The SMILES string of the molecule is N#Cc1ccc(S(=O)(=O)N2CCC3(CC2)N=N3)cc1. The van der Waals surface area contributed by atoms with Crippen molar-refractivity contribution in [1.82, 2.24) is 4.31 Å². The average molecular weight is 276 g/mol. The van der Waals surface area contributed by atoms with Crippen LogP contribution in [0.5, 0.6) is 0 Å². The Morgan fingerprint density at radius 2 is 1.74 bits per heavy atom. The van der Waals surface area contributed by atoms with Crippen molar-refractivity contribution in [3.63, 3.8) is 0 Å². The summed E-state index contributed by atoms with van der Waals surface area (Å²) >= 11 is 0. The second-order valence-corrected chi connectivity index (χ2v) is 6.66. The normalized spacial score (nSPS) is 21.2. The molecule has 0 atom stereocenters. The van der Waals surface area contributed by atoms with E-state index in [1.165, 1.54) is 28.6 Å². The Morgan fingerprint density at radius 3 is 2.21 bits per heavy atom. The minimum absolute atomic E-state index is 0.229. The highest BCUT2D eigenvalue weighted by molar-refractivity contribution is 7.89. The number of sulfonamides is 1. The zero-order valence-corrected chi connectivity index (χ0v) is 11.0. The Kier molecular flexibility index (Phi) is 2.66. The van der Waals surface area contributed by atoms with Crippen molar-refractivity contribution in [2.75, 3.05) is 13.1 Å². The molecule has 1 fully saturated rings. The van der Waals surface area contributed by atoms with Crippen LogP contribution in [0.4, 0.5) is 0 Å². The maximum Gasteiger partial charge on any atom is 0.243 e. The molecule has 0 bridgehead atoms. The number of hydrogen-bond acceptors (Lipinski definition) is 5. The molecule has 7 heteroatoms. The molecule has 1 aromatic rings. The van der Waals surface area contributed by atoms with Crippen LogP contribution in [-0.2, 0) is 10.0 Å². The molecule has 1 spiro atoms. The summed E-state index contributed by atoms with van der Waals surface area (Å²) in [5.74, 6) is 0. The predicted molar refractivity (Wildman–Crippen MR) is 66.7 cm³/mol. The van der Waals surface area contributed by atoms with Crippen molar-refractivity contribution >= 4 is 10.0 Å². The topological polar surface area (TPSA) is 85.9 Å². The van der Waals surface area contributed by atoms with Crippen LogP contribution in [0.1, 0.15) is 18.4 Å². The van der Waals surface area contributed by atoms with Crippen molar-refractivity contribution in [1.29, 1.82) is 5.26 Å². The Balaban J connectivity index is 1.80. The van der Waals surface area contributed by atoms with Crippen molar-refractivity contribution in [3.05, 3.63) is 29.8 Å². The van der Waals surface area contributed by atoms with Crippen LogP contribution in [0.25, 0.3) is 0 Å². The summed E-state index contributed by atoms with van der Waals surface area (Å²) in [5.41, 5.74) is 0.170. The van der Waals surface area contributed by atoms with Crippen molar-refractivity contribution in [2.24, 2.45) is 10.2 Å². The molecule has 1 aromatic carbocycles. The van der Waals surface area contributed by atoms with Crippen LogP contribution in [0.15, 0.2) is 39.4 Å². The maximum atomic E-state index is 12.4. The highest BCUT2D eigenvalue weighted by atomic mass is 32.2. The van der Waals surface area contributed by atoms with Gasteiger partial charge in [0.05, 0.1) is 16.5 Å². The summed E-state index contributed by atoms with van der Waals surface area (Å²) in [4.78, 5) is 0.229. The number of benzene rings is 1. The molecule has 6 nitrogen and oxygen atoms in total. The van der Waals surface area contributed by atoms with Crippen LogP contribution in [0.2, 0.25) is 0 Å². The van der Waals surface area contributed by atoms with E-state index in [0.717, 1.165) is 0 Å². The fourth-order valence-corrected chi connectivity index (χ4v) is 3.65. The standard InChI is InChI=1S/C12H12N4O2S/c13-9-10-1-3-11(4-2-10)19(17,18)16-7-5-12(6-8-16)14-15-12/h1-4H,5-8H2. The first kappa shape index (κ1) is 12.3. The molecule has 0 N–H and O–H groups in total. The molecule has 2 aliphatic heterocycles. The monoisotopic (exact) mass is 276 g/mol. The molecule has 2 heterocycles. The molecule has 1 saturated heterocycles. The summed E-state index contributed by atoms with van der Waals surface area (Å²) < 4.78 is 26.3. The molecule has 0 saturated carbocycles. The van der Waals surface area contributed by atoms with Gasteiger partial charge in [0.1, 0.15) is 0 Å².